The van der Waals surface area contributed by atoms with Gasteiger partial charge in [-0.2, -0.15) is 18.2 Å². The highest BCUT2D eigenvalue weighted by Gasteiger charge is 2.38. The molecule has 1 atom stereocenters. The van der Waals surface area contributed by atoms with Gasteiger partial charge in [0.2, 0.25) is 11.9 Å². The number of anilines is 4. The molecule has 0 aliphatic rings. The molecule has 2 aromatic carbocycles. The standard InChI is InChI=1S/C23H27N5O.C2HF3O2/c1-16(2)14-20(22(29)25-18-10-6-4-7-11-18)27-21-15-17(3)24-23(28-21)26-19-12-8-5-9-13-19;3-2(4,5)1(6)7/h4-13,15-16,20H,14H2,1-3H3,(H,25,29)(H2,24,26,27,28);(H,6,7)/t20-;/m0./s1. The van der Waals surface area contributed by atoms with E-state index in [1.807, 2.05) is 73.7 Å². The fraction of sp³-hybridized carbons (Fsp3) is 0.280. The van der Waals surface area contributed by atoms with Crippen molar-refractivity contribution >= 4 is 35.0 Å². The lowest BCUT2D eigenvalue weighted by Crippen LogP contribution is -2.36. The molecule has 1 amide bonds. The van der Waals surface area contributed by atoms with E-state index in [0.717, 1.165) is 17.1 Å². The van der Waals surface area contributed by atoms with Crippen molar-refractivity contribution in [3.8, 4) is 0 Å². The van der Waals surface area contributed by atoms with Gasteiger partial charge in [-0.25, -0.2) is 9.78 Å². The van der Waals surface area contributed by atoms with Gasteiger partial charge in [-0.05, 0) is 43.5 Å². The number of carboxylic acid groups (broad SMARTS) is 1. The topological polar surface area (TPSA) is 116 Å². The third-order valence-corrected chi connectivity index (χ3v) is 4.51. The average Bonchev–Trinajstić information content (AvgIpc) is 2.79. The lowest BCUT2D eigenvalue weighted by atomic mass is 10.0. The Kier molecular flexibility index (Phi) is 10.2. The van der Waals surface area contributed by atoms with Gasteiger partial charge in [0.15, 0.2) is 0 Å². The molecule has 0 unspecified atom stereocenters. The Bertz CT molecular complexity index is 1130. The second-order valence-corrected chi connectivity index (χ2v) is 8.19. The van der Waals surface area contributed by atoms with Gasteiger partial charge in [0, 0.05) is 23.1 Å². The minimum absolute atomic E-state index is 0.0845. The quantitative estimate of drug-likeness (QED) is 0.315. The summed E-state index contributed by atoms with van der Waals surface area (Å²) in [5.41, 5.74) is 2.50. The summed E-state index contributed by atoms with van der Waals surface area (Å²) in [6.07, 6.45) is -4.40. The molecule has 11 heteroatoms. The molecule has 3 aromatic rings. The fourth-order valence-corrected chi connectivity index (χ4v) is 2.98. The smallest absolute Gasteiger partial charge is 0.475 e. The molecule has 36 heavy (non-hydrogen) atoms. The van der Waals surface area contributed by atoms with Crippen LogP contribution in [0.5, 0.6) is 0 Å². The number of amides is 1. The fourth-order valence-electron chi connectivity index (χ4n) is 2.98. The molecule has 0 spiro atoms. The zero-order valence-corrected chi connectivity index (χ0v) is 20.0. The van der Waals surface area contributed by atoms with E-state index in [-0.39, 0.29) is 5.91 Å². The van der Waals surface area contributed by atoms with Gasteiger partial charge >= 0.3 is 12.1 Å². The molecule has 8 nitrogen and oxygen atoms in total. The number of rotatable bonds is 8. The number of hydrogen-bond acceptors (Lipinski definition) is 6. The number of benzene rings is 2. The molecule has 0 aliphatic heterocycles. The van der Waals surface area contributed by atoms with Crippen LogP contribution in [0.2, 0.25) is 0 Å². The minimum Gasteiger partial charge on any atom is -0.475 e. The third-order valence-electron chi connectivity index (χ3n) is 4.51. The van der Waals surface area contributed by atoms with Crippen LogP contribution >= 0.6 is 0 Å². The Morgan fingerprint density at radius 2 is 1.47 bits per heavy atom. The van der Waals surface area contributed by atoms with E-state index >= 15 is 0 Å². The van der Waals surface area contributed by atoms with Crippen molar-refractivity contribution in [1.82, 2.24) is 9.97 Å². The van der Waals surface area contributed by atoms with Gasteiger partial charge in [0.05, 0.1) is 0 Å². The highest BCUT2D eigenvalue weighted by molar-refractivity contribution is 5.96. The van der Waals surface area contributed by atoms with Crippen molar-refractivity contribution in [2.75, 3.05) is 16.0 Å². The molecule has 192 valence electrons. The first kappa shape index (κ1) is 28.1. The van der Waals surface area contributed by atoms with Gasteiger partial charge in [-0.3, -0.25) is 4.79 Å². The monoisotopic (exact) mass is 503 g/mol. The zero-order valence-electron chi connectivity index (χ0n) is 20.0. The van der Waals surface area contributed by atoms with E-state index in [4.69, 9.17) is 9.90 Å². The maximum absolute atomic E-state index is 12.9. The predicted octanol–water partition coefficient (Wildman–Crippen LogP) is 5.63. The summed E-state index contributed by atoms with van der Waals surface area (Å²) in [7, 11) is 0. The number of para-hydroxylation sites is 2. The molecule has 0 aliphatic carbocycles. The summed E-state index contributed by atoms with van der Waals surface area (Å²) in [5.74, 6) is -1.39. The number of nitrogens with one attached hydrogen (secondary N) is 3. The Morgan fingerprint density at radius 1 is 0.944 bits per heavy atom. The Morgan fingerprint density at radius 3 is 1.97 bits per heavy atom. The summed E-state index contributed by atoms with van der Waals surface area (Å²) >= 11 is 0. The Hall–Kier alpha value is -4.15. The number of aryl methyl sites for hydroxylation is 1. The van der Waals surface area contributed by atoms with Gasteiger partial charge in [-0.1, -0.05) is 50.2 Å². The zero-order chi connectivity index (χ0) is 26.7. The molecular formula is C25H28F3N5O3. The maximum atomic E-state index is 12.9. The number of aromatic nitrogens is 2. The molecule has 4 N–H and O–H groups in total. The summed E-state index contributed by atoms with van der Waals surface area (Å²) in [6.45, 7) is 6.10. The summed E-state index contributed by atoms with van der Waals surface area (Å²) in [5, 5.41) is 16.6. The molecule has 0 radical (unpaired) electrons. The Labute approximate surface area is 207 Å². The number of halogens is 3. The lowest BCUT2D eigenvalue weighted by Gasteiger charge is -2.21. The first-order valence-electron chi connectivity index (χ1n) is 11.0. The Balaban J connectivity index is 0.000000572. The highest BCUT2D eigenvalue weighted by atomic mass is 19.4. The van der Waals surface area contributed by atoms with Crippen LogP contribution in [0.3, 0.4) is 0 Å². The van der Waals surface area contributed by atoms with E-state index in [1.165, 1.54) is 0 Å². The number of carbonyl (C=O) groups is 2. The maximum Gasteiger partial charge on any atom is 0.490 e. The molecular weight excluding hydrogens is 475 g/mol. The molecule has 0 fully saturated rings. The molecule has 3 rings (SSSR count). The van der Waals surface area contributed by atoms with Crippen LogP contribution in [0.4, 0.5) is 36.3 Å². The second kappa shape index (κ2) is 13.1. The number of nitrogens with zero attached hydrogens (tertiary/aromatic N) is 2. The molecule has 0 bridgehead atoms. The summed E-state index contributed by atoms with van der Waals surface area (Å²) < 4.78 is 31.7. The highest BCUT2D eigenvalue weighted by Crippen LogP contribution is 2.18. The molecule has 0 saturated carbocycles. The molecule has 1 aromatic heterocycles. The van der Waals surface area contributed by atoms with E-state index in [9.17, 15) is 18.0 Å². The third kappa shape index (κ3) is 10.00. The normalized spacial score (nSPS) is 11.6. The van der Waals surface area contributed by atoms with Crippen LogP contribution in [-0.4, -0.2) is 39.2 Å². The van der Waals surface area contributed by atoms with Crippen molar-refractivity contribution in [1.29, 1.82) is 0 Å². The van der Waals surface area contributed by atoms with Crippen molar-refractivity contribution in [2.45, 2.75) is 39.4 Å². The predicted molar refractivity (Wildman–Crippen MR) is 132 cm³/mol. The van der Waals surface area contributed by atoms with Crippen molar-refractivity contribution in [3.63, 3.8) is 0 Å². The van der Waals surface area contributed by atoms with E-state index in [1.54, 1.807) is 0 Å². The van der Waals surface area contributed by atoms with E-state index in [2.05, 4.69) is 39.8 Å². The van der Waals surface area contributed by atoms with Crippen molar-refractivity contribution in [2.24, 2.45) is 5.92 Å². The second-order valence-electron chi connectivity index (χ2n) is 8.19. The summed E-state index contributed by atoms with van der Waals surface area (Å²) in [4.78, 5) is 30.8. The van der Waals surface area contributed by atoms with Crippen LogP contribution < -0.4 is 16.0 Å². The van der Waals surface area contributed by atoms with E-state index < -0.39 is 18.2 Å². The van der Waals surface area contributed by atoms with Crippen LogP contribution in [0.15, 0.2) is 66.7 Å². The summed E-state index contributed by atoms with van der Waals surface area (Å²) in [6, 6.07) is 20.7. The van der Waals surface area contributed by atoms with Crippen LogP contribution in [0.1, 0.15) is 26.0 Å². The van der Waals surface area contributed by atoms with Crippen LogP contribution in [-0.2, 0) is 9.59 Å². The first-order valence-corrected chi connectivity index (χ1v) is 11.0. The van der Waals surface area contributed by atoms with Gasteiger partial charge in [0.1, 0.15) is 11.9 Å². The van der Waals surface area contributed by atoms with Gasteiger partial charge in [-0.15, -0.1) is 0 Å². The van der Waals surface area contributed by atoms with Gasteiger partial charge < -0.3 is 21.1 Å². The molecule has 1 heterocycles. The minimum atomic E-state index is -5.08. The van der Waals surface area contributed by atoms with Crippen molar-refractivity contribution < 1.29 is 27.9 Å². The van der Waals surface area contributed by atoms with Gasteiger partial charge in [0.25, 0.3) is 0 Å². The number of aliphatic carboxylic acids is 1. The number of carboxylic acids is 1. The first-order chi connectivity index (χ1) is 16.9. The molecule has 0 saturated heterocycles. The van der Waals surface area contributed by atoms with E-state index in [0.29, 0.717) is 24.1 Å². The SMILES string of the molecule is Cc1cc(N[C@@H](CC(C)C)C(=O)Nc2ccccc2)nc(Nc2ccccc2)n1.O=C(O)C(F)(F)F. The van der Waals surface area contributed by atoms with Crippen LogP contribution in [0, 0.1) is 12.8 Å². The lowest BCUT2D eigenvalue weighted by molar-refractivity contribution is -0.192. The number of hydrogen-bond donors (Lipinski definition) is 4. The van der Waals surface area contributed by atoms with Crippen LogP contribution in [0.25, 0.3) is 0 Å². The van der Waals surface area contributed by atoms with Crippen molar-refractivity contribution in [3.05, 3.63) is 72.4 Å². The number of carbonyl (C=O) groups excluding carboxylic acids is 1. The largest absolute Gasteiger partial charge is 0.490 e. The number of alkyl halides is 3. The average molecular weight is 504 g/mol.